The first kappa shape index (κ1) is 15.6. The molecule has 0 amide bonds. The molecule has 0 saturated carbocycles. The van der Waals surface area contributed by atoms with Gasteiger partial charge in [-0.05, 0) is 48.4 Å². The van der Waals surface area contributed by atoms with Crippen LogP contribution in [0.25, 0.3) is 22.2 Å². The largest absolute Gasteiger partial charge is 0.497 e. The highest BCUT2D eigenvalue weighted by Crippen LogP contribution is 2.39. The van der Waals surface area contributed by atoms with Crippen LogP contribution in [0.15, 0.2) is 30.6 Å². The Morgan fingerprint density at radius 1 is 1.28 bits per heavy atom. The van der Waals surface area contributed by atoms with Gasteiger partial charge in [0.05, 0.1) is 12.5 Å². The lowest BCUT2D eigenvalue weighted by Gasteiger charge is -2.25. The predicted molar refractivity (Wildman–Crippen MR) is 96.9 cm³/mol. The summed E-state index contributed by atoms with van der Waals surface area (Å²) >= 11 is 0. The van der Waals surface area contributed by atoms with Gasteiger partial charge in [-0.2, -0.15) is 0 Å². The third-order valence-corrected chi connectivity index (χ3v) is 5.02. The Labute approximate surface area is 145 Å². The number of rotatable bonds is 2. The van der Waals surface area contributed by atoms with Gasteiger partial charge in [0, 0.05) is 11.3 Å². The topological polar surface area (TPSA) is 89.8 Å². The minimum atomic E-state index is 0.226. The number of nitrogens with one attached hydrogen (secondary N) is 1. The summed E-state index contributed by atoms with van der Waals surface area (Å²) < 4.78 is 6.52. The Balaban J connectivity index is 2.11. The Hall–Kier alpha value is -2.89. The van der Waals surface area contributed by atoms with Gasteiger partial charge in [0.25, 0.3) is 0 Å². The normalized spacial score (nSPS) is 16.6. The van der Waals surface area contributed by atoms with E-state index in [2.05, 4.69) is 11.9 Å². The number of aromatic nitrogens is 3. The predicted octanol–water partition coefficient (Wildman–Crippen LogP) is 2.74. The first-order valence-corrected chi connectivity index (χ1v) is 8.48. The summed E-state index contributed by atoms with van der Waals surface area (Å²) in [6, 6.07) is 7.94. The average molecular weight is 335 g/mol. The van der Waals surface area contributed by atoms with Crippen molar-refractivity contribution in [2.24, 2.45) is 0 Å². The fraction of sp³-hybridized carbons (Fsp3) is 0.316. The molecule has 0 fully saturated rings. The van der Waals surface area contributed by atoms with Crippen molar-refractivity contribution in [1.82, 2.24) is 14.6 Å². The molecule has 2 heterocycles. The third kappa shape index (κ3) is 2.45. The molecule has 3 N–H and O–H groups in total. The van der Waals surface area contributed by atoms with Crippen molar-refractivity contribution in [3.63, 3.8) is 0 Å². The molecule has 2 aromatic heterocycles. The van der Waals surface area contributed by atoms with Crippen molar-refractivity contribution in [2.75, 3.05) is 13.0 Å². The van der Waals surface area contributed by atoms with Crippen LogP contribution < -0.4 is 16.1 Å². The molecule has 0 spiro atoms. The third-order valence-electron chi connectivity index (χ3n) is 5.02. The van der Waals surface area contributed by atoms with Gasteiger partial charge in [0.1, 0.15) is 12.1 Å². The fourth-order valence-electron chi connectivity index (χ4n) is 3.71. The van der Waals surface area contributed by atoms with E-state index in [-0.39, 0.29) is 5.49 Å². The second kappa shape index (κ2) is 5.88. The number of hydrogen-bond donors (Lipinski definition) is 2. The lowest BCUT2D eigenvalue weighted by Crippen LogP contribution is -2.29. The fourth-order valence-corrected chi connectivity index (χ4v) is 3.71. The Kier molecular flexibility index (Phi) is 3.67. The number of benzene rings is 1. The monoisotopic (exact) mass is 335 g/mol. The van der Waals surface area contributed by atoms with E-state index < -0.39 is 0 Å². The van der Waals surface area contributed by atoms with Gasteiger partial charge in [-0.25, -0.2) is 14.6 Å². The van der Waals surface area contributed by atoms with Gasteiger partial charge < -0.3 is 10.6 Å². The smallest absolute Gasteiger partial charge is 0.165 e. The summed E-state index contributed by atoms with van der Waals surface area (Å²) in [6.45, 7) is 2.21. The number of ether oxygens (including phenoxy) is 1. The minimum Gasteiger partial charge on any atom is -0.497 e. The van der Waals surface area contributed by atoms with Gasteiger partial charge in [-0.3, -0.25) is 5.41 Å². The summed E-state index contributed by atoms with van der Waals surface area (Å²) in [5.74, 6) is 7.10. The van der Waals surface area contributed by atoms with Crippen molar-refractivity contribution in [1.29, 1.82) is 5.41 Å². The van der Waals surface area contributed by atoms with Crippen LogP contribution in [-0.2, 0) is 6.42 Å². The molecule has 6 heteroatoms. The number of nitrogen functional groups attached to an aromatic ring is 1. The summed E-state index contributed by atoms with van der Waals surface area (Å²) in [7, 11) is 1.66. The number of hydrogen-bond acceptors (Lipinski definition) is 5. The molecule has 0 saturated heterocycles. The number of methoxy groups -OCH3 is 1. The van der Waals surface area contributed by atoms with Gasteiger partial charge in [0.2, 0.25) is 0 Å². The lowest BCUT2D eigenvalue weighted by atomic mass is 9.83. The van der Waals surface area contributed by atoms with Crippen LogP contribution in [-0.4, -0.2) is 21.8 Å². The molecule has 4 rings (SSSR count). The molecule has 25 heavy (non-hydrogen) atoms. The molecular weight excluding hydrogens is 314 g/mol. The zero-order valence-corrected chi connectivity index (χ0v) is 14.4. The van der Waals surface area contributed by atoms with Crippen molar-refractivity contribution < 1.29 is 4.74 Å². The van der Waals surface area contributed by atoms with Crippen molar-refractivity contribution in [3.05, 3.63) is 47.3 Å². The minimum absolute atomic E-state index is 0.226. The van der Waals surface area contributed by atoms with Crippen LogP contribution in [0.5, 0.6) is 5.75 Å². The van der Waals surface area contributed by atoms with E-state index in [4.69, 9.17) is 21.0 Å². The van der Waals surface area contributed by atoms with Crippen LogP contribution in [0.1, 0.15) is 36.9 Å². The summed E-state index contributed by atoms with van der Waals surface area (Å²) in [4.78, 5) is 9.18. The summed E-state index contributed by atoms with van der Waals surface area (Å²) in [5, 5.41) is 9.17. The van der Waals surface area contributed by atoms with Crippen molar-refractivity contribution >= 4 is 11.0 Å². The highest BCUT2D eigenvalue weighted by atomic mass is 16.5. The molecule has 1 aliphatic carbocycles. The standard InChI is InChI=1S/C19H21N5O/c1-11-4-3-5-14-15(12-6-8-13(25-2)9-7-12)16-18(20)24(21)10-22-19(16)23-17(11)14/h6-11,20H,3-5,21H2,1-2H3. The molecule has 3 aromatic rings. The number of fused-ring (bicyclic) bond motifs is 2. The second-order valence-corrected chi connectivity index (χ2v) is 6.57. The van der Waals surface area contributed by atoms with E-state index in [9.17, 15) is 0 Å². The second-order valence-electron chi connectivity index (χ2n) is 6.57. The molecule has 1 aliphatic rings. The highest BCUT2D eigenvalue weighted by Gasteiger charge is 2.25. The quantitative estimate of drug-likeness (QED) is 0.705. The molecule has 6 nitrogen and oxygen atoms in total. The number of pyridine rings is 1. The van der Waals surface area contributed by atoms with E-state index in [1.165, 1.54) is 16.6 Å². The van der Waals surface area contributed by atoms with Crippen LogP contribution in [0.4, 0.5) is 0 Å². The molecule has 0 bridgehead atoms. The van der Waals surface area contributed by atoms with Crippen LogP contribution in [0.2, 0.25) is 0 Å². The Bertz CT molecular complexity index is 1010. The van der Waals surface area contributed by atoms with Gasteiger partial charge in [0.15, 0.2) is 11.1 Å². The van der Waals surface area contributed by atoms with Gasteiger partial charge in [-0.1, -0.05) is 19.1 Å². The molecule has 1 unspecified atom stereocenters. The Morgan fingerprint density at radius 2 is 2.04 bits per heavy atom. The van der Waals surface area contributed by atoms with E-state index in [1.807, 2.05) is 24.3 Å². The maximum Gasteiger partial charge on any atom is 0.165 e. The van der Waals surface area contributed by atoms with E-state index in [1.54, 1.807) is 7.11 Å². The van der Waals surface area contributed by atoms with Crippen LogP contribution in [0.3, 0.4) is 0 Å². The number of nitrogens with zero attached hydrogens (tertiary/aromatic N) is 3. The zero-order valence-electron chi connectivity index (χ0n) is 14.4. The van der Waals surface area contributed by atoms with E-state index in [0.29, 0.717) is 17.0 Å². The number of nitrogens with two attached hydrogens (primary N) is 1. The average Bonchev–Trinajstić information content (AvgIpc) is 2.64. The molecule has 1 aromatic carbocycles. The maximum absolute atomic E-state index is 8.46. The van der Waals surface area contributed by atoms with Crippen molar-refractivity contribution in [2.45, 2.75) is 32.1 Å². The van der Waals surface area contributed by atoms with Crippen LogP contribution >= 0.6 is 0 Å². The first-order chi connectivity index (χ1) is 12.1. The van der Waals surface area contributed by atoms with Crippen LogP contribution in [0, 0.1) is 5.41 Å². The maximum atomic E-state index is 8.46. The first-order valence-electron chi connectivity index (χ1n) is 8.48. The van der Waals surface area contributed by atoms with E-state index in [0.717, 1.165) is 41.8 Å². The van der Waals surface area contributed by atoms with Crippen molar-refractivity contribution in [3.8, 4) is 16.9 Å². The Morgan fingerprint density at radius 3 is 2.76 bits per heavy atom. The summed E-state index contributed by atoms with van der Waals surface area (Å²) in [5.41, 5.74) is 5.21. The molecular formula is C19H21N5O. The molecule has 1 atom stereocenters. The van der Waals surface area contributed by atoms with Gasteiger partial charge in [-0.15, -0.1) is 0 Å². The molecule has 128 valence electrons. The molecule has 0 aliphatic heterocycles. The lowest BCUT2D eigenvalue weighted by molar-refractivity contribution is 0.415. The summed E-state index contributed by atoms with van der Waals surface area (Å²) in [6.07, 6.45) is 4.67. The van der Waals surface area contributed by atoms with Gasteiger partial charge >= 0.3 is 0 Å². The SMILES string of the molecule is COc1ccc(-c2c3c(nc4ncn(N)c(=N)c24)C(C)CCC3)cc1. The van der Waals surface area contributed by atoms with E-state index >= 15 is 0 Å². The highest BCUT2D eigenvalue weighted by molar-refractivity contribution is 5.94. The zero-order chi connectivity index (χ0) is 17.6. The molecule has 0 radical (unpaired) electrons.